The van der Waals surface area contributed by atoms with E-state index in [-0.39, 0.29) is 0 Å². The van der Waals surface area contributed by atoms with Gasteiger partial charge in [-0.25, -0.2) is 0 Å². The maximum Gasteiger partial charge on any atom is -0.0149 e. The van der Waals surface area contributed by atoms with Crippen LogP contribution >= 0.6 is 0 Å². The second-order valence-corrected chi connectivity index (χ2v) is 2.40. The third-order valence-corrected chi connectivity index (χ3v) is 1.79. The zero-order valence-electron chi connectivity index (χ0n) is 6.72. The molecule has 0 aliphatic carbocycles. The second-order valence-electron chi connectivity index (χ2n) is 2.40. The van der Waals surface area contributed by atoms with Gasteiger partial charge >= 0.3 is 0 Å². The van der Waals surface area contributed by atoms with Gasteiger partial charge in [-0.15, -0.1) is 0 Å². The molecule has 0 amide bonds. The highest BCUT2D eigenvalue weighted by Gasteiger charge is 1.96. The molecule has 0 aliphatic heterocycles. The summed E-state index contributed by atoms with van der Waals surface area (Å²) in [5.41, 5.74) is 3.40. The number of benzene rings is 1. The second kappa shape index (κ2) is 3.20. The average Bonchev–Trinajstić information content (AvgIpc) is 2.05. The molecule has 0 saturated carbocycles. The summed E-state index contributed by atoms with van der Waals surface area (Å²) in [4.78, 5) is 0. The van der Waals surface area contributed by atoms with Gasteiger partial charge in [0.25, 0.3) is 0 Å². The molecule has 0 nitrogen and oxygen atoms in total. The fraction of sp³-hybridized carbons (Fsp3) is 0.0909. The molecule has 1 rings (SSSR count). The average molecular weight is 143 g/mol. The minimum Gasteiger partial charge on any atom is -0.0985 e. The molecule has 1 aromatic carbocycles. The van der Waals surface area contributed by atoms with E-state index >= 15 is 0 Å². The largest absolute Gasteiger partial charge is 0.0985 e. The monoisotopic (exact) mass is 143 g/mol. The van der Waals surface area contributed by atoms with Gasteiger partial charge in [-0.1, -0.05) is 37.4 Å². The van der Waals surface area contributed by atoms with Crippen molar-refractivity contribution in [3.05, 3.63) is 54.1 Å². The lowest BCUT2D eigenvalue weighted by molar-refractivity contribution is 1.38. The molecular weight excluding hydrogens is 132 g/mol. The molecule has 0 bridgehead atoms. The van der Waals surface area contributed by atoms with Gasteiger partial charge in [-0.05, 0) is 29.7 Å². The van der Waals surface area contributed by atoms with E-state index < -0.39 is 0 Å². The van der Waals surface area contributed by atoms with Gasteiger partial charge in [-0.2, -0.15) is 0 Å². The summed E-state index contributed by atoms with van der Waals surface area (Å²) in [6.45, 7) is 9.37. The van der Waals surface area contributed by atoms with Crippen LogP contribution in [-0.2, 0) is 0 Å². The lowest BCUT2D eigenvalue weighted by Gasteiger charge is -2.02. The molecule has 0 unspecified atom stereocenters. The van der Waals surface area contributed by atoms with Crippen LogP contribution in [0.1, 0.15) is 16.7 Å². The Bertz CT molecular complexity index is 256. The van der Waals surface area contributed by atoms with Gasteiger partial charge in [0, 0.05) is 0 Å². The molecule has 1 aromatic rings. The van der Waals surface area contributed by atoms with Crippen molar-refractivity contribution < 1.29 is 0 Å². The van der Waals surface area contributed by atoms with Gasteiger partial charge in [-0.3, -0.25) is 0 Å². The van der Waals surface area contributed by atoms with Gasteiger partial charge in [0.1, 0.15) is 0 Å². The molecule has 0 aliphatic rings. The van der Waals surface area contributed by atoms with E-state index in [1.807, 2.05) is 31.2 Å². The predicted octanol–water partition coefficient (Wildman–Crippen LogP) is 2.98. The van der Waals surface area contributed by atoms with Crippen LogP contribution in [0.15, 0.2) is 31.4 Å². The summed E-state index contributed by atoms with van der Waals surface area (Å²) < 4.78 is 0. The Hall–Kier alpha value is -1.30. The fourth-order valence-electron chi connectivity index (χ4n) is 1.07. The highest BCUT2D eigenvalue weighted by atomic mass is 14.0. The Morgan fingerprint density at radius 1 is 1.45 bits per heavy atom. The van der Waals surface area contributed by atoms with Crippen molar-refractivity contribution in [1.29, 1.82) is 0 Å². The Morgan fingerprint density at radius 3 is 2.73 bits per heavy atom. The van der Waals surface area contributed by atoms with E-state index in [1.165, 1.54) is 5.56 Å². The molecule has 0 N–H and O–H groups in total. The van der Waals surface area contributed by atoms with E-state index in [2.05, 4.69) is 19.2 Å². The van der Waals surface area contributed by atoms with Crippen LogP contribution in [0.2, 0.25) is 0 Å². The zero-order valence-corrected chi connectivity index (χ0v) is 6.72. The Kier molecular flexibility index (Phi) is 2.27. The van der Waals surface area contributed by atoms with Crippen molar-refractivity contribution >= 4 is 6.08 Å². The summed E-state index contributed by atoms with van der Waals surface area (Å²) >= 11 is 0. The first-order valence-electron chi connectivity index (χ1n) is 3.54. The molecular formula is C11H11. The van der Waals surface area contributed by atoms with Crippen LogP contribution in [0.5, 0.6) is 0 Å². The van der Waals surface area contributed by atoms with E-state index in [9.17, 15) is 0 Å². The topological polar surface area (TPSA) is 0 Å². The maximum absolute atomic E-state index is 3.72. The maximum atomic E-state index is 3.72. The number of hydrogen-bond acceptors (Lipinski definition) is 0. The molecule has 0 atom stereocenters. The minimum absolute atomic E-state index is 1.06. The van der Waals surface area contributed by atoms with Gasteiger partial charge in [0.15, 0.2) is 0 Å². The highest BCUT2D eigenvalue weighted by Crippen LogP contribution is 2.13. The SMILES string of the molecule is C=[C]c1cccc(C=C)c1C. The Balaban J connectivity index is 3.30. The molecule has 11 heavy (non-hydrogen) atoms. The summed E-state index contributed by atoms with van der Waals surface area (Å²) in [5, 5.41) is 0. The van der Waals surface area contributed by atoms with Crippen LogP contribution < -0.4 is 0 Å². The molecule has 0 heteroatoms. The van der Waals surface area contributed by atoms with E-state index in [1.54, 1.807) is 0 Å². The van der Waals surface area contributed by atoms with Gasteiger partial charge < -0.3 is 0 Å². The molecule has 0 spiro atoms. The van der Waals surface area contributed by atoms with E-state index in [0.717, 1.165) is 11.1 Å². The van der Waals surface area contributed by atoms with Crippen LogP contribution in [0.25, 0.3) is 6.08 Å². The summed E-state index contributed by atoms with van der Waals surface area (Å²) in [6.07, 6.45) is 4.72. The molecule has 55 valence electrons. The standard InChI is InChI=1S/C11H11/c1-4-10-7-6-8-11(5-2)9(10)3/h4,6-8H,1-2H2,3H3. The van der Waals surface area contributed by atoms with E-state index in [4.69, 9.17) is 0 Å². The summed E-state index contributed by atoms with van der Waals surface area (Å²) in [7, 11) is 0. The minimum atomic E-state index is 1.06. The van der Waals surface area contributed by atoms with Crippen LogP contribution in [0.3, 0.4) is 0 Å². The molecule has 0 saturated heterocycles. The summed E-state index contributed by atoms with van der Waals surface area (Å²) in [5.74, 6) is 0. The van der Waals surface area contributed by atoms with Gasteiger partial charge in [0.05, 0.1) is 0 Å². The third-order valence-electron chi connectivity index (χ3n) is 1.79. The van der Waals surface area contributed by atoms with Crippen molar-refractivity contribution in [2.45, 2.75) is 6.92 Å². The number of hydrogen-bond donors (Lipinski definition) is 0. The van der Waals surface area contributed by atoms with Crippen LogP contribution in [0.4, 0.5) is 0 Å². The third kappa shape index (κ3) is 1.40. The fourth-order valence-corrected chi connectivity index (χ4v) is 1.07. The molecule has 0 aromatic heterocycles. The van der Waals surface area contributed by atoms with Crippen molar-refractivity contribution in [2.75, 3.05) is 0 Å². The Labute approximate surface area is 67.9 Å². The molecule has 0 fully saturated rings. The van der Waals surface area contributed by atoms with E-state index in [0.29, 0.717) is 0 Å². The van der Waals surface area contributed by atoms with Crippen molar-refractivity contribution in [2.24, 2.45) is 0 Å². The quantitative estimate of drug-likeness (QED) is 0.597. The van der Waals surface area contributed by atoms with Gasteiger partial charge in [0.2, 0.25) is 0 Å². The van der Waals surface area contributed by atoms with Crippen molar-refractivity contribution in [3.63, 3.8) is 0 Å². The van der Waals surface area contributed by atoms with Crippen molar-refractivity contribution in [1.82, 2.24) is 0 Å². The normalized spacial score (nSPS) is 9.18. The highest BCUT2D eigenvalue weighted by molar-refractivity contribution is 5.54. The predicted molar refractivity (Wildman–Crippen MR) is 49.2 cm³/mol. The molecule has 0 heterocycles. The molecule has 1 radical (unpaired) electrons. The Morgan fingerprint density at radius 2 is 2.18 bits per heavy atom. The first kappa shape index (κ1) is 7.80. The lowest BCUT2D eigenvalue weighted by atomic mass is 10.0. The van der Waals surface area contributed by atoms with Crippen LogP contribution in [-0.4, -0.2) is 0 Å². The number of rotatable bonds is 2. The smallest absolute Gasteiger partial charge is 0.0149 e. The lowest BCUT2D eigenvalue weighted by Crippen LogP contribution is -1.84. The summed E-state index contributed by atoms with van der Waals surface area (Å²) in [6, 6.07) is 6.01. The zero-order chi connectivity index (χ0) is 8.27. The van der Waals surface area contributed by atoms with Crippen LogP contribution in [0, 0.1) is 13.0 Å². The van der Waals surface area contributed by atoms with Crippen molar-refractivity contribution in [3.8, 4) is 0 Å². The first-order chi connectivity index (χ1) is 5.29. The first-order valence-corrected chi connectivity index (χ1v) is 3.54.